The maximum atomic E-state index is 4.88. The zero-order valence-corrected chi connectivity index (χ0v) is 16.0. The fourth-order valence-corrected chi connectivity index (χ4v) is 3.76. The lowest BCUT2D eigenvalue weighted by atomic mass is 10.2. The van der Waals surface area contributed by atoms with Gasteiger partial charge in [0.1, 0.15) is 11.6 Å². The summed E-state index contributed by atoms with van der Waals surface area (Å²) in [4.78, 5) is 9.76. The molecule has 0 spiro atoms. The fraction of sp³-hybridized carbons (Fsp3) is 0.182. The van der Waals surface area contributed by atoms with E-state index in [0.29, 0.717) is 0 Å². The lowest BCUT2D eigenvalue weighted by Gasteiger charge is -2.29. The number of para-hydroxylation sites is 2. The minimum atomic E-state index is 0.0284. The molecule has 0 radical (unpaired) electrons. The molecule has 0 saturated heterocycles. The summed E-state index contributed by atoms with van der Waals surface area (Å²) in [6.45, 7) is 6.60. The molecule has 2 aromatic carbocycles. The van der Waals surface area contributed by atoms with Crippen LogP contribution in [0.5, 0.6) is 0 Å². The zero-order valence-electron chi connectivity index (χ0n) is 15.2. The standard InChI is InChI=1S/C22H21N3S/c1-22(2,3)26-25(20-14-12-16-8-4-6-10-18(16)23-20)21-15-13-17-9-5-7-11-19(17)24-21/h4-15H,1-3H3. The van der Waals surface area contributed by atoms with Crippen molar-refractivity contribution in [2.75, 3.05) is 4.31 Å². The highest BCUT2D eigenvalue weighted by Crippen LogP contribution is 2.38. The van der Waals surface area contributed by atoms with E-state index in [1.165, 1.54) is 0 Å². The Balaban J connectivity index is 1.84. The number of hydrogen-bond donors (Lipinski definition) is 0. The van der Waals surface area contributed by atoms with Crippen molar-refractivity contribution in [1.82, 2.24) is 9.97 Å². The van der Waals surface area contributed by atoms with Gasteiger partial charge in [-0.1, -0.05) is 36.4 Å². The van der Waals surface area contributed by atoms with Gasteiger partial charge < -0.3 is 0 Å². The molecule has 26 heavy (non-hydrogen) atoms. The Bertz CT molecular complexity index is 990. The molecule has 2 heterocycles. The summed E-state index contributed by atoms with van der Waals surface area (Å²) in [7, 11) is 0. The highest BCUT2D eigenvalue weighted by atomic mass is 32.2. The minimum Gasteiger partial charge on any atom is -0.251 e. The molecule has 0 unspecified atom stereocenters. The quantitative estimate of drug-likeness (QED) is 0.398. The van der Waals surface area contributed by atoms with Crippen molar-refractivity contribution in [3.05, 3.63) is 72.8 Å². The predicted octanol–water partition coefficient (Wildman–Crippen LogP) is 6.37. The summed E-state index contributed by atoms with van der Waals surface area (Å²) < 4.78 is 2.17. The summed E-state index contributed by atoms with van der Waals surface area (Å²) in [5.74, 6) is 1.79. The van der Waals surface area contributed by atoms with E-state index in [2.05, 4.69) is 61.5 Å². The Kier molecular flexibility index (Phi) is 4.29. The molecular weight excluding hydrogens is 338 g/mol. The van der Waals surface area contributed by atoms with E-state index < -0.39 is 0 Å². The largest absolute Gasteiger partial charge is 0.251 e. The summed E-state index contributed by atoms with van der Waals surface area (Å²) >= 11 is 1.73. The third-order valence-electron chi connectivity index (χ3n) is 3.95. The van der Waals surface area contributed by atoms with Crippen molar-refractivity contribution >= 4 is 45.4 Å². The first kappa shape index (κ1) is 16.9. The summed E-state index contributed by atoms with van der Waals surface area (Å²) in [6, 6.07) is 24.8. The van der Waals surface area contributed by atoms with Crippen molar-refractivity contribution in [2.45, 2.75) is 25.5 Å². The Morgan fingerprint density at radius 3 is 1.58 bits per heavy atom. The van der Waals surface area contributed by atoms with Crippen LogP contribution in [0.1, 0.15) is 20.8 Å². The molecule has 0 aliphatic heterocycles. The highest BCUT2D eigenvalue weighted by Gasteiger charge is 2.22. The monoisotopic (exact) mass is 359 g/mol. The van der Waals surface area contributed by atoms with Crippen molar-refractivity contribution in [3.63, 3.8) is 0 Å². The van der Waals surface area contributed by atoms with Gasteiger partial charge in [0.05, 0.1) is 11.0 Å². The molecule has 0 aliphatic carbocycles. The molecule has 0 saturated carbocycles. The Morgan fingerprint density at radius 1 is 0.654 bits per heavy atom. The molecule has 0 atom stereocenters. The lowest BCUT2D eigenvalue weighted by Crippen LogP contribution is -2.20. The number of aromatic nitrogens is 2. The molecule has 0 bridgehead atoms. The molecule has 4 aromatic rings. The van der Waals surface area contributed by atoms with Crippen molar-refractivity contribution < 1.29 is 0 Å². The SMILES string of the molecule is CC(C)(C)SN(c1ccc2ccccc2n1)c1ccc2ccccc2n1. The number of hydrogen-bond acceptors (Lipinski definition) is 4. The first-order valence-corrected chi connectivity index (χ1v) is 9.48. The number of anilines is 2. The summed E-state index contributed by atoms with van der Waals surface area (Å²) in [5, 5.41) is 2.28. The number of nitrogens with zero attached hydrogens (tertiary/aromatic N) is 3. The maximum absolute atomic E-state index is 4.88. The van der Waals surface area contributed by atoms with E-state index in [0.717, 1.165) is 33.4 Å². The van der Waals surface area contributed by atoms with Gasteiger partial charge in [0.2, 0.25) is 0 Å². The van der Waals surface area contributed by atoms with Crippen LogP contribution < -0.4 is 4.31 Å². The van der Waals surface area contributed by atoms with Crippen LogP contribution in [0, 0.1) is 0 Å². The highest BCUT2D eigenvalue weighted by molar-refractivity contribution is 8.02. The minimum absolute atomic E-state index is 0.0284. The second-order valence-corrected chi connectivity index (χ2v) is 8.99. The first-order chi connectivity index (χ1) is 12.5. The molecule has 4 heteroatoms. The maximum Gasteiger partial charge on any atom is 0.145 e. The van der Waals surface area contributed by atoms with Gasteiger partial charge in [-0.15, -0.1) is 0 Å². The number of benzene rings is 2. The van der Waals surface area contributed by atoms with Gasteiger partial charge in [-0.25, -0.2) is 9.97 Å². The van der Waals surface area contributed by atoms with Crippen LogP contribution in [0.2, 0.25) is 0 Å². The van der Waals surface area contributed by atoms with Crippen molar-refractivity contribution in [3.8, 4) is 0 Å². The second kappa shape index (κ2) is 6.61. The van der Waals surface area contributed by atoms with E-state index in [1.807, 2.05) is 36.4 Å². The Labute approximate surface area is 158 Å². The molecule has 2 aromatic heterocycles. The molecule has 130 valence electrons. The second-order valence-electron chi connectivity index (χ2n) is 7.22. The Morgan fingerprint density at radius 2 is 1.12 bits per heavy atom. The molecule has 0 fully saturated rings. The van der Waals surface area contributed by atoms with Gasteiger partial charge in [-0.3, -0.25) is 4.31 Å². The zero-order chi connectivity index (χ0) is 18.1. The van der Waals surface area contributed by atoms with Crippen LogP contribution in [0.3, 0.4) is 0 Å². The van der Waals surface area contributed by atoms with Crippen LogP contribution in [0.15, 0.2) is 72.8 Å². The van der Waals surface area contributed by atoms with Crippen LogP contribution in [-0.4, -0.2) is 14.7 Å². The number of pyridine rings is 2. The van der Waals surface area contributed by atoms with Gasteiger partial charge in [0, 0.05) is 15.5 Å². The number of fused-ring (bicyclic) bond motifs is 2. The van der Waals surface area contributed by atoms with Crippen LogP contribution in [0.4, 0.5) is 11.6 Å². The molecule has 3 nitrogen and oxygen atoms in total. The third-order valence-corrected chi connectivity index (χ3v) is 5.05. The van der Waals surface area contributed by atoms with Gasteiger partial charge >= 0.3 is 0 Å². The smallest absolute Gasteiger partial charge is 0.145 e. The van der Waals surface area contributed by atoms with E-state index in [-0.39, 0.29) is 4.75 Å². The van der Waals surface area contributed by atoms with Crippen LogP contribution >= 0.6 is 11.9 Å². The molecule has 0 aliphatic rings. The van der Waals surface area contributed by atoms with E-state index in [1.54, 1.807) is 11.9 Å². The molecular formula is C22H21N3S. The predicted molar refractivity (Wildman–Crippen MR) is 113 cm³/mol. The average molecular weight is 359 g/mol. The van der Waals surface area contributed by atoms with E-state index >= 15 is 0 Å². The summed E-state index contributed by atoms with van der Waals surface area (Å²) in [5.41, 5.74) is 1.98. The van der Waals surface area contributed by atoms with Gasteiger partial charge in [0.15, 0.2) is 0 Å². The van der Waals surface area contributed by atoms with Crippen LogP contribution in [0.25, 0.3) is 21.8 Å². The van der Waals surface area contributed by atoms with Crippen LogP contribution in [-0.2, 0) is 0 Å². The Hall–Kier alpha value is -2.59. The van der Waals surface area contributed by atoms with E-state index in [9.17, 15) is 0 Å². The molecule has 4 rings (SSSR count). The average Bonchev–Trinajstić information content (AvgIpc) is 2.65. The number of rotatable bonds is 3. The van der Waals surface area contributed by atoms with E-state index in [4.69, 9.17) is 9.97 Å². The molecule has 0 amide bonds. The summed E-state index contributed by atoms with van der Waals surface area (Å²) in [6.07, 6.45) is 0. The molecule has 0 N–H and O–H groups in total. The first-order valence-electron chi connectivity index (χ1n) is 8.70. The van der Waals surface area contributed by atoms with Gasteiger partial charge in [0.25, 0.3) is 0 Å². The fourth-order valence-electron chi connectivity index (χ4n) is 2.82. The van der Waals surface area contributed by atoms with Gasteiger partial charge in [-0.2, -0.15) is 0 Å². The normalized spacial score (nSPS) is 11.8. The third kappa shape index (κ3) is 3.51. The lowest BCUT2D eigenvalue weighted by molar-refractivity contribution is 0.802. The van der Waals surface area contributed by atoms with Crippen molar-refractivity contribution in [2.24, 2.45) is 0 Å². The van der Waals surface area contributed by atoms with Gasteiger partial charge in [-0.05, 0) is 69.1 Å². The topological polar surface area (TPSA) is 29.0 Å². The van der Waals surface area contributed by atoms with Crippen molar-refractivity contribution in [1.29, 1.82) is 0 Å².